The number of carbonyl (C=O) groups excluding carboxylic acids is 2. The quantitative estimate of drug-likeness (QED) is 0.583. The first kappa shape index (κ1) is 18.5. The van der Waals surface area contributed by atoms with Crippen LogP contribution in [0.5, 0.6) is 0 Å². The molecule has 3 rings (SSSR count). The number of amides is 2. The summed E-state index contributed by atoms with van der Waals surface area (Å²) in [5, 5.41) is 4.94. The van der Waals surface area contributed by atoms with Crippen molar-refractivity contribution in [1.29, 1.82) is 0 Å². The smallest absolute Gasteiger partial charge is 0.407 e. The standard InChI is InChI=1S/C21H22N2O4/c1-14(2)27-13-23-20(24)11-22-21(25)26-12-19-17-9-5-3-7-15(17)16-8-4-6-10-18(16)19/h3-10,19H,1,11-13H2,2H3,(H,22,25)(H,23,24). The van der Waals surface area contributed by atoms with Crippen molar-refractivity contribution in [2.24, 2.45) is 0 Å². The number of ether oxygens (including phenoxy) is 2. The third-order valence-electron chi connectivity index (χ3n) is 4.32. The summed E-state index contributed by atoms with van der Waals surface area (Å²) >= 11 is 0. The highest BCUT2D eigenvalue weighted by atomic mass is 16.5. The third kappa shape index (κ3) is 4.47. The maximum Gasteiger partial charge on any atom is 0.407 e. The lowest BCUT2D eigenvalue weighted by Gasteiger charge is -2.14. The second kappa shape index (κ2) is 8.40. The van der Waals surface area contributed by atoms with Gasteiger partial charge in [0.2, 0.25) is 5.91 Å². The molecular formula is C21H22N2O4. The lowest BCUT2D eigenvalue weighted by atomic mass is 9.98. The lowest BCUT2D eigenvalue weighted by Crippen LogP contribution is -2.38. The van der Waals surface area contributed by atoms with Crippen molar-refractivity contribution < 1.29 is 19.1 Å². The van der Waals surface area contributed by atoms with Gasteiger partial charge in [-0.25, -0.2) is 4.79 Å². The van der Waals surface area contributed by atoms with Gasteiger partial charge in [-0.05, 0) is 29.2 Å². The van der Waals surface area contributed by atoms with Crippen LogP contribution < -0.4 is 10.6 Å². The van der Waals surface area contributed by atoms with E-state index in [-0.39, 0.29) is 31.7 Å². The van der Waals surface area contributed by atoms with E-state index in [9.17, 15) is 9.59 Å². The molecule has 140 valence electrons. The summed E-state index contributed by atoms with van der Waals surface area (Å²) in [4.78, 5) is 23.6. The Kier molecular flexibility index (Phi) is 5.76. The van der Waals surface area contributed by atoms with Crippen LogP contribution in [0.2, 0.25) is 0 Å². The van der Waals surface area contributed by atoms with E-state index >= 15 is 0 Å². The Labute approximate surface area is 158 Å². The normalized spacial score (nSPS) is 11.9. The van der Waals surface area contributed by atoms with Crippen molar-refractivity contribution in [2.45, 2.75) is 12.8 Å². The molecule has 6 heteroatoms. The van der Waals surface area contributed by atoms with Crippen LogP contribution in [0, 0.1) is 0 Å². The maximum atomic E-state index is 12.0. The minimum absolute atomic E-state index is 0.0130. The topological polar surface area (TPSA) is 76.7 Å². The summed E-state index contributed by atoms with van der Waals surface area (Å²) in [6.45, 7) is 5.28. The lowest BCUT2D eigenvalue weighted by molar-refractivity contribution is -0.121. The fraction of sp³-hybridized carbons (Fsp3) is 0.238. The number of hydrogen-bond acceptors (Lipinski definition) is 4. The molecule has 0 saturated carbocycles. The monoisotopic (exact) mass is 366 g/mol. The highest BCUT2D eigenvalue weighted by Crippen LogP contribution is 2.44. The van der Waals surface area contributed by atoms with Crippen LogP contribution in [-0.2, 0) is 14.3 Å². The number of benzene rings is 2. The number of fused-ring (bicyclic) bond motifs is 3. The van der Waals surface area contributed by atoms with E-state index in [1.807, 2.05) is 24.3 Å². The van der Waals surface area contributed by atoms with E-state index in [0.717, 1.165) is 11.1 Å². The molecule has 0 saturated heterocycles. The minimum atomic E-state index is -0.632. The molecule has 0 aromatic heterocycles. The largest absolute Gasteiger partial charge is 0.479 e. The SMILES string of the molecule is C=C(C)OCNC(=O)CNC(=O)OCC1c2ccccc2-c2ccccc21. The van der Waals surface area contributed by atoms with E-state index in [2.05, 4.69) is 41.5 Å². The molecule has 2 amide bonds. The first-order valence-corrected chi connectivity index (χ1v) is 8.70. The van der Waals surface area contributed by atoms with Gasteiger partial charge in [-0.1, -0.05) is 55.1 Å². The van der Waals surface area contributed by atoms with Gasteiger partial charge >= 0.3 is 6.09 Å². The highest BCUT2D eigenvalue weighted by molar-refractivity contribution is 5.82. The molecule has 0 unspecified atom stereocenters. The van der Waals surface area contributed by atoms with Gasteiger partial charge in [-0.2, -0.15) is 0 Å². The average molecular weight is 366 g/mol. The zero-order valence-corrected chi connectivity index (χ0v) is 15.2. The molecule has 2 aromatic rings. The van der Waals surface area contributed by atoms with Crippen LogP contribution in [0.25, 0.3) is 11.1 Å². The molecule has 2 aromatic carbocycles. The molecular weight excluding hydrogens is 344 g/mol. The van der Waals surface area contributed by atoms with Crippen molar-refractivity contribution in [3.63, 3.8) is 0 Å². The fourth-order valence-corrected chi connectivity index (χ4v) is 3.10. The second-order valence-electron chi connectivity index (χ2n) is 6.27. The Morgan fingerprint density at radius 3 is 2.15 bits per heavy atom. The summed E-state index contributed by atoms with van der Waals surface area (Å²) in [6.07, 6.45) is -0.632. The van der Waals surface area contributed by atoms with E-state index in [4.69, 9.17) is 9.47 Å². The summed E-state index contributed by atoms with van der Waals surface area (Å²) in [6, 6.07) is 16.2. The summed E-state index contributed by atoms with van der Waals surface area (Å²) < 4.78 is 10.4. The van der Waals surface area contributed by atoms with Crippen molar-refractivity contribution in [3.8, 4) is 11.1 Å². The molecule has 1 aliphatic carbocycles. The van der Waals surface area contributed by atoms with Gasteiger partial charge < -0.3 is 20.1 Å². The van der Waals surface area contributed by atoms with Gasteiger partial charge in [0.1, 0.15) is 13.2 Å². The molecule has 1 aliphatic rings. The zero-order chi connectivity index (χ0) is 19.2. The number of allylic oxidation sites excluding steroid dienone is 1. The van der Waals surface area contributed by atoms with Crippen LogP contribution in [0.4, 0.5) is 4.79 Å². The van der Waals surface area contributed by atoms with Gasteiger partial charge in [-0.3, -0.25) is 4.79 Å². The molecule has 27 heavy (non-hydrogen) atoms. The second-order valence-corrected chi connectivity index (χ2v) is 6.27. The molecule has 0 radical (unpaired) electrons. The molecule has 0 aliphatic heterocycles. The summed E-state index contributed by atoms with van der Waals surface area (Å²) in [5.74, 6) is 0.116. The van der Waals surface area contributed by atoms with Crippen LogP contribution in [0.1, 0.15) is 24.0 Å². The minimum Gasteiger partial charge on any atom is -0.479 e. The number of carbonyl (C=O) groups is 2. The van der Waals surface area contributed by atoms with Crippen LogP contribution in [-0.4, -0.2) is 31.9 Å². The number of alkyl carbamates (subject to hydrolysis) is 1. The molecule has 0 atom stereocenters. The Morgan fingerprint density at radius 2 is 1.56 bits per heavy atom. The number of hydrogen-bond donors (Lipinski definition) is 2. The van der Waals surface area contributed by atoms with Crippen LogP contribution in [0.15, 0.2) is 60.9 Å². The van der Waals surface area contributed by atoms with Crippen LogP contribution in [0.3, 0.4) is 0 Å². The number of nitrogens with one attached hydrogen (secondary N) is 2. The third-order valence-corrected chi connectivity index (χ3v) is 4.32. The Bertz CT molecular complexity index is 817. The predicted molar refractivity (Wildman–Crippen MR) is 102 cm³/mol. The van der Waals surface area contributed by atoms with Gasteiger partial charge in [0, 0.05) is 5.92 Å². The first-order valence-electron chi connectivity index (χ1n) is 8.70. The Hall–Kier alpha value is -3.28. The highest BCUT2D eigenvalue weighted by Gasteiger charge is 2.28. The maximum absolute atomic E-state index is 12.0. The zero-order valence-electron chi connectivity index (χ0n) is 15.2. The predicted octanol–water partition coefficient (Wildman–Crippen LogP) is 3.15. The van der Waals surface area contributed by atoms with Gasteiger partial charge in [-0.15, -0.1) is 0 Å². The molecule has 0 heterocycles. The Balaban J connectivity index is 1.52. The van der Waals surface area contributed by atoms with Crippen molar-refractivity contribution in [2.75, 3.05) is 19.9 Å². The molecule has 6 nitrogen and oxygen atoms in total. The van der Waals surface area contributed by atoms with Crippen molar-refractivity contribution in [1.82, 2.24) is 10.6 Å². The number of rotatable bonds is 7. The van der Waals surface area contributed by atoms with Crippen LogP contribution >= 0.6 is 0 Å². The molecule has 0 bridgehead atoms. The van der Waals surface area contributed by atoms with E-state index in [0.29, 0.717) is 5.76 Å². The average Bonchev–Trinajstić information content (AvgIpc) is 2.98. The van der Waals surface area contributed by atoms with E-state index in [1.165, 1.54) is 11.1 Å². The van der Waals surface area contributed by atoms with E-state index < -0.39 is 6.09 Å². The Morgan fingerprint density at radius 1 is 0.963 bits per heavy atom. The molecule has 0 fully saturated rings. The van der Waals surface area contributed by atoms with Gasteiger partial charge in [0.25, 0.3) is 0 Å². The van der Waals surface area contributed by atoms with Gasteiger partial charge in [0.15, 0.2) is 6.73 Å². The molecule has 0 spiro atoms. The van der Waals surface area contributed by atoms with Crippen molar-refractivity contribution >= 4 is 12.0 Å². The van der Waals surface area contributed by atoms with Crippen molar-refractivity contribution in [3.05, 3.63) is 72.0 Å². The summed E-state index contributed by atoms with van der Waals surface area (Å²) in [5.41, 5.74) is 4.61. The van der Waals surface area contributed by atoms with E-state index in [1.54, 1.807) is 6.92 Å². The van der Waals surface area contributed by atoms with Gasteiger partial charge in [0.05, 0.1) is 5.76 Å². The first-order chi connectivity index (χ1) is 13.1. The molecule has 2 N–H and O–H groups in total. The summed E-state index contributed by atoms with van der Waals surface area (Å²) in [7, 11) is 0. The fourth-order valence-electron chi connectivity index (χ4n) is 3.10.